The van der Waals surface area contributed by atoms with E-state index in [2.05, 4.69) is 0 Å². The number of sulfonamides is 1. The van der Waals surface area contributed by atoms with Crippen molar-refractivity contribution in [3.05, 3.63) is 23.8 Å². The number of carbonyl (C=O) groups excluding carboxylic acids is 2. The second-order valence-electron chi connectivity index (χ2n) is 7.74. The molecule has 1 aliphatic heterocycles. The zero-order valence-corrected chi connectivity index (χ0v) is 20.5. The van der Waals surface area contributed by atoms with Crippen LogP contribution in [0.2, 0.25) is 0 Å². The fourth-order valence-electron chi connectivity index (χ4n) is 3.81. The lowest BCUT2D eigenvalue weighted by Crippen LogP contribution is -2.36. The highest BCUT2D eigenvalue weighted by molar-refractivity contribution is 7.89. The van der Waals surface area contributed by atoms with Gasteiger partial charge in [-0.05, 0) is 31.0 Å². The monoisotopic (exact) mass is 489 g/mol. The molecular formula is C23H31N5O5S. The zero-order chi connectivity index (χ0) is 25.1. The maximum atomic E-state index is 13.0. The molecule has 0 saturated carbocycles. The first-order valence-electron chi connectivity index (χ1n) is 11.4. The van der Waals surface area contributed by atoms with Gasteiger partial charge in [-0.15, -0.1) is 0 Å². The fourth-order valence-corrected chi connectivity index (χ4v) is 5.30. The highest BCUT2D eigenvalue weighted by Gasteiger charge is 2.27. The molecule has 0 atom stereocenters. The molecule has 1 aromatic carbocycles. The number of carbonyl (C=O) groups is 2. The first-order chi connectivity index (χ1) is 16.3. The standard InChI is InChI=1S/C23H31N5O5S/c1-3-28(4-2)34(31,32)19-9-10-21(26-13-5-6-14-26)20(17-19)23(30)33-18-22(29)27(15-7-11-24)16-8-12-25/h9-10,17H,3-8,13-16,18H2,1-2H3. The highest BCUT2D eigenvalue weighted by atomic mass is 32.2. The number of esters is 1. The molecule has 1 heterocycles. The molecule has 1 saturated heterocycles. The van der Waals surface area contributed by atoms with Gasteiger partial charge in [-0.3, -0.25) is 4.79 Å². The molecule has 1 amide bonds. The fraction of sp³-hybridized carbons (Fsp3) is 0.565. The lowest BCUT2D eigenvalue weighted by Gasteiger charge is -2.24. The molecule has 2 rings (SSSR count). The molecule has 0 spiro atoms. The van der Waals surface area contributed by atoms with E-state index in [-0.39, 0.29) is 36.4 Å². The number of nitriles is 2. The summed E-state index contributed by atoms with van der Waals surface area (Å²) in [5.41, 5.74) is 0.655. The van der Waals surface area contributed by atoms with Crippen LogP contribution >= 0.6 is 0 Å². The summed E-state index contributed by atoms with van der Waals surface area (Å²) < 4.78 is 32.6. The molecule has 0 radical (unpaired) electrons. The number of hydrogen-bond donors (Lipinski definition) is 0. The van der Waals surface area contributed by atoms with Crippen molar-refractivity contribution in [2.45, 2.75) is 44.4 Å². The number of nitrogens with zero attached hydrogens (tertiary/aromatic N) is 5. The Kier molecular flexibility index (Phi) is 10.3. The van der Waals surface area contributed by atoms with Crippen molar-refractivity contribution >= 4 is 27.6 Å². The maximum Gasteiger partial charge on any atom is 0.340 e. The largest absolute Gasteiger partial charge is 0.452 e. The average molecular weight is 490 g/mol. The number of hydrogen-bond acceptors (Lipinski definition) is 8. The van der Waals surface area contributed by atoms with Crippen LogP contribution in [0.15, 0.2) is 23.1 Å². The Morgan fingerprint density at radius 2 is 1.65 bits per heavy atom. The molecule has 0 bridgehead atoms. The van der Waals surface area contributed by atoms with Crippen molar-refractivity contribution in [3.63, 3.8) is 0 Å². The van der Waals surface area contributed by atoms with E-state index in [1.165, 1.54) is 21.3 Å². The van der Waals surface area contributed by atoms with E-state index in [0.29, 0.717) is 18.8 Å². The second kappa shape index (κ2) is 12.9. The lowest BCUT2D eigenvalue weighted by atomic mass is 10.1. The van der Waals surface area contributed by atoms with Crippen LogP contribution < -0.4 is 4.90 Å². The van der Waals surface area contributed by atoms with Crippen LogP contribution in [0.4, 0.5) is 5.69 Å². The molecule has 11 heteroatoms. The van der Waals surface area contributed by atoms with Crippen LogP contribution in [0.1, 0.15) is 49.9 Å². The summed E-state index contributed by atoms with van der Waals surface area (Å²) in [5.74, 6) is -1.32. The van der Waals surface area contributed by atoms with Crippen LogP contribution in [0, 0.1) is 22.7 Å². The molecule has 34 heavy (non-hydrogen) atoms. The van der Waals surface area contributed by atoms with Gasteiger partial charge in [0.05, 0.1) is 41.1 Å². The van der Waals surface area contributed by atoms with E-state index in [1.807, 2.05) is 17.0 Å². The van der Waals surface area contributed by atoms with Crippen molar-refractivity contribution in [1.82, 2.24) is 9.21 Å². The van der Waals surface area contributed by atoms with Gasteiger partial charge in [-0.25, -0.2) is 13.2 Å². The smallest absolute Gasteiger partial charge is 0.340 e. The van der Waals surface area contributed by atoms with Crippen molar-refractivity contribution < 1.29 is 22.7 Å². The number of anilines is 1. The Morgan fingerprint density at radius 1 is 1.06 bits per heavy atom. The average Bonchev–Trinajstić information content (AvgIpc) is 3.37. The van der Waals surface area contributed by atoms with Gasteiger partial charge < -0.3 is 14.5 Å². The Bertz CT molecular complexity index is 1030. The quantitative estimate of drug-likeness (QED) is 0.408. The van der Waals surface area contributed by atoms with E-state index in [0.717, 1.165) is 25.9 Å². The molecule has 1 aromatic rings. The minimum Gasteiger partial charge on any atom is -0.452 e. The van der Waals surface area contributed by atoms with Crippen LogP contribution in [0.25, 0.3) is 0 Å². The predicted octanol–water partition coefficient (Wildman–Crippen LogP) is 2.13. The molecule has 0 unspecified atom stereocenters. The van der Waals surface area contributed by atoms with Gasteiger partial charge in [0.2, 0.25) is 10.0 Å². The van der Waals surface area contributed by atoms with Crippen molar-refractivity contribution in [1.29, 1.82) is 10.5 Å². The first-order valence-corrected chi connectivity index (χ1v) is 12.8. The van der Waals surface area contributed by atoms with Crippen LogP contribution in [0.5, 0.6) is 0 Å². The summed E-state index contributed by atoms with van der Waals surface area (Å²) in [6.45, 7) is 5.23. The molecule has 0 aromatic heterocycles. The molecule has 184 valence electrons. The minimum atomic E-state index is -3.79. The maximum absolute atomic E-state index is 13.0. The molecule has 1 aliphatic rings. The topological polar surface area (TPSA) is 135 Å². The van der Waals surface area contributed by atoms with Gasteiger partial charge in [0.1, 0.15) is 0 Å². The molecular weight excluding hydrogens is 458 g/mol. The normalized spacial score (nSPS) is 13.4. The number of amides is 1. The summed E-state index contributed by atoms with van der Waals surface area (Å²) in [6, 6.07) is 8.32. The lowest BCUT2D eigenvalue weighted by molar-refractivity contribution is -0.134. The number of benzene rings is 1. The third kappa shape index (κ3) is 6.69. The highest BCUT2D eigenvalue weighted by Crippen LogP contribution is 2.29. The molecule has 0 aliphatic carbocycles. The van der Waals surface area contributed by atoms with Gasteiger partial charge in [0.15, 0.2) is 6.61 Å². The van der Waals surface area contributed by atoms with Crippen LogP contribution in [-0.4, -0.2) is 75.4 Å². The number of ether oxygens (including phenoxy) is 1. The first kappa shape index (κ1) is 27.1. The van der Waals surface area contributed by atoms with E-state index in [1.54, 1.807) is 19.9 Å². The SMILES string of the molecule is CCN(CC)S(=O)(=O)c1ccc(N2CCCC2)c(C(=O)OCC(=O)N(CCC#N)CCC#N)c1. The molecule has 1 fully saturated rings. The summed E-state index contributed by atoms with van der Waals surface area (Å²) >= 11 is 0. The van der Waals surface area contributed by atoms with Crippen LogP contribution in [-0.2, 0) is 19.6 Å². The van der Waals surface area contributed by atoms with Crippen LogP contribution in [0.3, 0.4) is 0 Å². The van der Waals surface area contributed by atoms with Crippen molar-refractivity contribution in [2.75, 3.05) is 50.8 Å². The summed E-state index contributed by atoms with van der Waals surface area (Å²) in [4.78, 5) is 28.9. The summed E-state index contributed by atoms with van der Waals surface area (Å²) in [5, 5.41) is 17.6. The third-order valence-corrected chi connectivity index (χ3v) is 7.69. The molecule has 0 N–H and O–H groups in total. The minimum absolute atomic E-state index is 0.0120. The Morgan fingerprint density at radius 3 is 2.18 bits per heavy atom. The Hall–Kier alpha value is -3.15. The summed E-state index contributed by atoms with van der Waals surface area (Å²) in [6.07, 6.45) is 2.10. The van der Waals surface area contributed by atoms with E-state index in [9.17, 15) is 18.0 Å². The van der Waals surface area contributed by atoms with Gasteiger partial charge in [-0.1, -0.05) is 13.8 Å². The van der Waals surface area contributed by atoms with E-state index < -0.39 is 28.5 Å². The van der Waals surface area contributed by atoms with Gasteiger partial charge in [0.25, 0.3) is 5.91 Å². The van der Waals surface area contributed by atoms with Gasteiger partial charge >= 0.3 is 5.97 Å². The van der Waals surface area contributed by atoms with E-state index in [4.69, 9.17) is 15.3 Å². The third-order valence-electron chi connectivity index (χ3n) is 5.64. The van der Waals surface area contributed by atoms with Gasteiger partial charge in [-0.2, -0.15) is 14.8 Å². The van der Waals surface area contributed by atoms with Crippen molar-refractivity contribution in [2.24, 2.45) is 0 Å². The zero-order valence-electron chi connectivity index (χ0n) is 19.7. The van der Waals surface area contributed by atoms with Gasteiger partial charge in [0, 0.05) is 39.3 Å². The second-order valence-corrected chi connectivity index (χ2v) is 9.67. The number of rotatable bonds is 12. The Balaban J connectivity index is 2.29. The Labute approximate surface area is 201 Å². The van der Waals surface area contributed by atoms with Crippen molar-refractivity contribution in [3.8, 4) is 12.1 Å². The predicted molar refractivity (Wildman–Crippen MR) is 125 cm³/mol. The summed E-state index contributed by atoms with van der Waals surface area (Å²) in [7, 11) is -3.79. The molecule has 10 nitrogen and oxygen atoms in total. The van der Waals surface area contributed by atoms with E-state index >= 15 is 0 Å².